The first-order chi connectivity index (χ1) is 11.2. The quantitative estimate of drug-likeness (QED) is 0.797. The summed E-state index contributed by atoms with van der Waals surface area (Å²) < 4.78 is 0. The van der Waals surface area contributed by atoms with E-state index in [4.69, 9.17) is 0 Å². The number of aromatic nitrogens is 3. The number of anilines is 1. The van der Waals surface area contributed by atoms with Gasteiger partial charge in [0, 0.05) is 37.4 Å². The third kappa shape index (κ3) is 3.11. The zero-order valence-electron chi connectivity index (χ0n) is 13.0. The van der Waals surface area contributed by atoms with Crippen LogP contribution in [-0.2, 0) is 4.79 Å². The van der Waals surface area contributed by atoms with Crippen LogP contribution in [0.4, 0.5) is 5.82 Å². The van der Waals surface area contributed by atoms with Crippen molar-refractivity contribution in [3.05, 3.63) is 48.8 Å². The first-order valence-corrected chi connectivity index (χ1v) is 7.28. The van der Waals surface area contributed by atoms with Gasteiger partial charge >= 0.3 is 0 Å². The molecule has 6 heteroatoms. The van der Waals surface area contributed by atoms with Crippen molar-refractivity contribution in [2.75, 3.05) is 25.5 Å². The molecule has 0 aliphatic rings. The smallest absolute Gasteiger partial charge is 0.239 e. The molecule has 0 saturated heterocycles. The minimum atomic E-state index is -0.0688. The molecule has 23 heavy (non-hydrogen) atoms. The zero-order valence-corrected chi connectivity index (χ0v) is 13.0. The van der Waals surface area contributed by atoms with Gasteiger partial charge in [0.05, 0.1) is 12.1 Å². The molecule has 0 bridgehead atoms. The molecule has 1 amide bonds. The number of fused-ring (bicyclic) bond motifs is 1. The molecule has 0 radical (unpaired) electrons. The number of hydrogen-bond acceptors (Lipinski definition) is 5. The van der Waals surface area contributed by atoms with Gasteiger partial charge in [-0.3, -0.25) is 9.78 Å². The summed E-state index contributed by atoms with van der Waals surface area (Å²) in [5.74, 6) is 1.27. The number of para-hydroxylation sites is 1. The van der Waals surface area contributed by atoms with Gasteiger partial charge in [-0.1, -0.05) is 12.1 Å². The Morgan fingerprint density at radius 1 is 1.13 bits per heavy atom. The average Bonchev–Trinajstić information content (AvgIpc) is 2.61. The number of nitrogens with one attached hydrogen (secondary N) is 1. The van der Waals surface area contributed by atoms with Crippen LogP contribution in [0.25, 0.3) is 22.3 Å². The lowest BCUT2D eigenvalue weighted by molar-refractivity contribution is -0.119. The molecule has 2 heterocycles. The van der Waals surface area contributed by atoms with Crippen molar-refractivity contribution in [1.82, 2.24) is 20.3 Å². The first-order valence-electron chi connectivity index (χ1n) is 7.28. The number of carbonyl (C=O) groups excluding carboxylic acids is 1. The summed E-state index contributed by atoms with van der Waals surface area (Å²) in [5, 5.41) is 3.54. The fourth-order valence-corrected chi connectivity index (χ4v) is 2.35. The maximum atomic E-state index is 11.7. The summed E-state index contributed by atoms with van der Waals surface area (Å²) in [6.45, 7) is 0.229. The fourth-order valence-electron chi connectivity index (χ4n) is 2.35. The molecular formula is C17H17N5O. The van der Waals surface area contributed by atoms with Crippen molar-refractivity contribution < 1.29 is 4.79 Å². The number of pyridine rings is 1. The standard InChI is InChI=1S/C17H17N5O/c1-18-15(23)11-22(2)17-13-5-3-4-6-14(13)20-16(21-17)12-7-9-19-10-8-12/h3-10H,11H2,1-2H3,(H,18,23). The molecule has 0 spiro atoms. The third-order valence-electron chi connectivity index (χ3n) is 3.54. The lowest BCUT2D eigenvalue weighted by atomic mass is 10.2. The van der Waals surface area contributed by atoms with Gasteiger partial charge in [0.15, 0.2) is 5.82 Å². The highest BCUT2D eigenvalue weighted by Gasteiger charge is 2.14. The van der Waals surface area contributed by atoms with Crippen LogP contribution in [0.3, 0.4) is 0 Å². The summed E-state index contributed by atoms with van der Waals surface area (Å²) in [6, 6.07) is 11.5. The molecule has 1 aromatic carbocycles. The fraction of sp³-hybridized carbons (Fsp3) is 0.176. The highest BCUT2D eigenvalue weighted by atomic mass is 16.1. The number of benzene rings is 1. The van der Waals surface area contributed by atoms with Crippen LogP contribution in [0.1, 0.15) is 0 Å². The Morgan fingerprint density at radius 2 is 1.87 bits per heavy atom. The van der Waals surface area contributed by atoms with E-state index in [1.807, 2.05) is 48.3 Å². The molecule has 3 rings (SSSR count). The maximum Gasteiger partial charge on any atom is 0.239 e. The van der Waals surface area contributed by atoms with Gasteiger partial charge in [0.2, 0.25) is 5.91 Å². The highest BCUT2D eigenvalue weighted by molar-refractivity contribution is 5.92. The average molecular weight is 307 g/mol. The number of carbonyl (C=O) groups is 1. The van der Waals surface area contributed by atoms with Crippen LogP contribution in [0.15, 0.2) is 48.8 Å². The van der Waals surface area contributed by atoms with E-state index in [2.05, 4.69) is 20.3 Å². The minimum absolute atomic E-state index is 0.0688. The SMILES string of the molecule is CNC(=O)CN(C)c1nc(-c2ccncc2)nc2ccccc12. The summed E-state index contributed by atoms with van der Waals surface area (Å²) in [4.78, 5) is 26.8. The Morgan fingerprint density at radius 3 is 2.61 bits per heavy atom. The van der Waals surface area contributed by atoms with Crippen molar-refractivity contribution in [2.45, 2.75) is 0 Å². The van der Waals surface area contributed by atoms with Crippen molar-refractivity contribution in [1.29, 1.82) is 0 Å². The van der Waals surface area contributed by atoms with Crippen LogP contribution < -0.4 is 10.2 Å². The maximum absolute atomic E-state index is 11.7. The predicted molar refractivity (Wildman–Crippen MR) is 90.1 cm³/mol. The van der Waals surface area contributed by atoms with E-state index in [0.717, 1.165) is 22.3 Å². The molecule has 116 valence electrons. The van der Waals surface area contributed by atoms with Crippen molar-refractivity contribution >= 4 is 22.6 Å². The molecule has 0 aliphatic heterocycles. The van der Waals surface area contributed by atoms with Gasteiger partial charge in [-0.25, -0.2) is 9.97 Å². The molecule has 0 fully saturated rings. The topological polar surface area (TPSA) is 71.0 Å². The second kappa shape index (κ2) is 6.39. The minimum Gasteiger partial charge on any atom is -0.358 e. The molecule has 0 unspecified atom stereocenters. The highest BCUT2D eigenvalue weighted by Crippen LogP contribution is 2.26. The van der Waals surface area contributed by atoms with Crippen molar-refractivity contribution in [3.63, 3.8) is 0 Å². The van der Waals surface area contributed by atoms with Crippen molar-refractivity contribution in [2.24, 2.45) is 0 Å². The lowest BCUT2D eigenvalue weighted by Gasteiger charge is -2.19. The Kier molecular flexibility index (Phi) is 4.14. The van der Waals surface area contributed by atoms with E-state index < -0.39 is 0 Å². The number of amides is 1. The van der Waals surface area contributed by atoms with E-state index in [9.17, 15) is 4.79 Å². The zero-order chi connectivity index (χ0) is 16.2. The van der Waals surface area contributed by atoms with Crippen molar-refractivity contribution in [3.8, 4) is 11.4 Å². The van der Waals surface area contributed by atoms with Gasteiger partial charge in [0.1, 0.15) is 5.82 Å². The Hall–Kier alpha value is -3.02. The molecule has 3 aromatic rings. The van der Waals surface area contributed by atoms with Gasteiger partial charge < -0.3 is 10.2 Å². The van der Waals surface area contributed by atoms with Crippen LogP contribution in [-0.4, -0.2) is 41.5 Å². The number of likely N-dealkylation sites (N-methyl/N-ethyl adjacent to an activating group) is 2. The van der Waals surface area contributed by atoms with E-state index in [1.54, 1.807) is 19.4 Å². The van der Waals surface area contributed by atoms with E-state index in [-0.39, 0.29) is 12.5 Å². The van der Waals surface area contributed by atoms with Gasteiger partial charge in [-0.15, -0.1) is 0 Å². The second-order valence-corrected chi connectivity index (χ2v) is 5.15. The molecule has 1 N–H and O–H groups in total. The summed E-state index contributed by atoms with van der Waals surface area (Å²) in [7, 11) is 3.47. The monoisotopic (exact) mass is 307 g/mol. The summed E-state index contributed by atoms with van der Waals surface area (Å²) >= 11 is 0. The molecular weight excluding hydrogens is 290 g/mol. The van der Waals surface area contributed by atoms with Gasteiger partial charge in [0.25, 0.3) is 0 Å². The molecule has 2 aromatic heterocycles. The summed E-state index contributed by atoms with van der Waals surface area (Å²) in [5.41, 5.74) is 1.73. The Bertz CT molecular complexity index is 835. The first kappa shape index (κ1) is 14.9. The number of hydrogen-bond donors (Lipinski definition) is 1. The van der Waals surface area contributed by atoms with Crippen LogP contribution in [0, 0.1) is 0 Å². The number of nitrogens with zero attached hydrogens (tertiary/aromatic N) is 4. The van der Waals surface area contributed by atoms with Gasteiger partial charge in [-0.05, 0) is 24.3 Å². The largest absolute Gasteiger partial charge is 0.358 e. The van der Waals surface area contributed by atoms with E-state index >= 15 is 0 Å². The van der Waals surface area contributed by atoms with Crippen LogP contribution in [0.2, 0.25) is 0 Å². The lowest BCUT2D eigenvalue weighted by Crippen LogP contribution is -2.33. The Balaban J connectivity index is 2.13. The molecule has 0 atom stereocenters. The predicted octanol–water partition coefficient (Wildman–Crippen LogP) is 1.87. The summed E-state index contributed by atoms with van der Waals surface area (Å²) in [6.07, 6.45) is 3.42. The number of rotatable bonds is 4. The van der Waals surface area contributed by atoms with Gasteiger partial charge in [-0.2, -0.15) is 0 Å². The normalized spacial score (nSPS) is 10.5. The van der Waals surface area contributed by atoms with E-state index in [0.29, 0.717) is 5.82 Å². The second-order valence-electron chi connectivity index (χ2n) is 5.15. The molecule has 0 aliphatic carbocycles. The van der Waals surface area contributed by atoms with Crippen LogP contribution >= 0.6 is 0 Å². The Labute approximate surface area is 134 Å². The molecule has 0 saturated carbocycles. The van der Waals surface area contributed by atoms with Crippen LogP contribution in [0.5, 0.6) is 0 Å². The molecule has 6 nitrogen and oxygen atoms in total. The third-order valence-corrected chi connectivity index (χ3v) is 3.54. The van der Waals surface area contributed by atoms with E-state index in [1.165, 1.54) is 0 Å².